The number of para-hydroxylation sites is 3. The monoisotopic (exact) mass is 663 g/mol. The van der Waals surface area contributed by atoms with Gasteiger partial charge in [0.1, 0.15) is 6.17 Å². The van der Waals surface area contributed by atoms with Crippen LogP contribution in [0.5, 0.6) is 0 Å². The lowest BCUT2D eigenvalue weighted by Gasteiger charge is -2.30. The molecule has 0 saturated carbocycles. The van der Waals surface area contributed by atoms with Crippen LogP contribution in [0.2, 0.25) is 0 Å². The number of aromatic nitrogens is 1. The van der Waals surface area contributed by atoms with Crippen LogP contribution in [-0.4, -0.2) is 4.57 Å². The quantitative estimate of drug-likeness (QED) is 0.159. The number of allylic oxidation sites excluding steroid dienone is 7. The molecule has 5 aromatic carbocycles. The van der Waals surface area contributed by atoms with E-state index in [9.17, 15) is 0 Å². The molecule has 1 unspecified atom stereocenters. The van der Waals surface area contributed by atoms with Gasteiger partial charge in [0.15, 0.2) is 0 Å². The summed E-state index contributed by atoms with van der Waals surface area (Å²) in [5, 5.41) is 8.78. The Morgan fingerprint density at radius 1 is 0.804 bits per heavy atom. The summed E-state index contributed by atoms with van der Waals surface area (Å²) < 4.78 is 2.54. The van der Waals surface area contributed by atoms with Crippen LogP contribution in [0.15, 0.2) is 170 Å². The highest BCUT2D eigenvalue weighted by Gasteiger charge is 2.27. The molecule has 2 aliphatic rings. The number of rotatable bonds is 8. The Bertz CT molecular complexity index is 2300. The van der Waals surface area contributed by atoms with Gasteiger partial charge in [-0.1, -0.05) is 148 Å². The van der Waals surface area contributed by atoms with Gasteiger partial charge < -0.3 is 15.2 Å². The maximum Gasteiger partial charge on any atom is 0.124 e. The van der Waals surface area contributed by atoms with Crippen molar-refractivity contribution in [2.75, 3.05) is 10.6 Å². The standard InChI is InChI=1S/C46H39N3.C2H6/c1-3-33(27-26-32(2)37-20-10-13-23-42(37)47-36-18-8-5-9-19-36)41-31-46(48-43-24-14-11-21-38(41)43)49-44-25-15-12-22-39(44)40-29-28-35(30-45(40)49)34-16-6-4-7-17-34;1-2/h3-14,16-24,26-31,46-48H,2,15,25H2,1H3;1-2H3/b27-26-,33-3+;. The van der Waals surface area contributed by atoms with Gasteiger partial charge in [0.2, 0.25) is 0 Å². The van der Waals surface area contributed by atoms with Crippen LogP contribution in [0, 0.1) is 0 Å². The molecule has 1 aliphatic carbocycles. The molecule has 0 radical (unpaired) electrons. The molecule has 0 saturated heterocycles. The Hall–Kier alpha value is -6.06. The first-order valence-electron chi connectivity index (χ1n) is 18.1. The second-order valence-electron chi connectivity index (χ2n) is 12.6. The van der Waals surface area contributed by atoms with Crippen molar-refractivity contribution < 1.29 is 0 Å². The van der Waals surface area contributed by atoms with E-state index in [1.54, 1.807) is 0 Å². The van der Waals surface area contributed by atoms with E-state index in [2.05, 4.69) is 174 Å². The molecule has 0 spiro atoms. The number of nitrogens with zero attached hydrogens (tertiary/aromatic N) is 1. The number of nitrogens with one attached hydrogen (secondary N) is 2. The molecule has 0 bridgehead atoms. The van der Waals surface area contributed by atoms with Gasteiger partial charge >= 0.3 is 0 Å². The lowest BCUT2D eigenvalue weighted by Crippen LogP contribution is -2.23. The van der Waals surface area contributed by atoms with E-state index in [0.29, 0.717) is 0 Å². The van der Waals surface area contributed by atoms with Gasteiger partial charge in [-0.3, -0.25) is 0 Å². The van der Waals surface area contributed by atoms with E-state index in [1.807, 2.05) is 32.0 Å². The molecule has 0 amide bonds. The van der Waals surface area contributed by atoms with Crippen molar-refractivity contribution in [1.82, 2.24) is 4.57 Å². The Morgan fingerprint density at radius 2 is 1.53 bits per heavy atom. The SMILES string of the molecule is C=C(/C=C\C(=C/C)C1=CC(n2c3c(c4ccc(-c5ccccc5)cc42)C=CCC3)Nc2ccccc21)c1ccccc1Nc1ccccc1.CC. The first kappa shape index (κ1) is 33.4. The second-order valence-corrected chi connectivity index (χ2v) is 12.6. The van der Waals surface area contributed by atoms with Gasteiger partial charge in [0.05, 0.1) is 5.52 Å². The van der Waals surface area contributed by atoms with E-state index in [1.165, 1.54) is 44.4 Å². The minimum absolute atomic E-state index is 0.0592. The minimum atomic E-state index is -0.0592. The third kappa shape index (κ3) is 6.76. The summed E-state index contributed by atoms with van der Waals surface area (Å²) in [6.07, 6.45) is 15.6. The highest BCUT2D eigenvalue weighted by molar-refractivity contribution is 5.96. The van der Waals surface area contributed by atoms with E-state index in [4.69, 9.17) is 0 Å². The normalized spacial score (nSPS) is 14.9. The number of anilines is 3. The summed E-state index contributed by atoms with van der Waals surface area (Å²) in [5.41, 5.74) is 15.2. The lowest BCUT2D eigenvalue weighted by atomic mass is 9.91. The largest absolute Gasteiger partial charge is 0.361 e. The van der Waals surface area contributed by atoms with Crippen molar-refractivity contribution in [2.45, 2.75) is 39.8 Å². The van der Waals surface area contributed by atoms with Crippen molar-refractivity contribution >= 4 is 45.2 Å². The molecule has 51 heavy (non-hydrogen) atoms. The highest BCUT2D eigenvalue weighted by atomic mass is 15.2. The van der Waals surface area contributed by atoms with Gasteiger partial charge in [0, 0.05) is 44.8 Å². The van der Waals surface area contributed by atoms with Crippen molar-refractivity contribution in [3.05, 3.63) is 192 Å². The third-order valence-electron chi connectivity index (χ3n) is 9.62. The van der Waals surface area contributed by atoms with Crippen LogP contribution in [0.25, 0.3) is 39.3 Å². The number of fused-ring (bicyclic) bond motifs is 4. The lowest BCUT2D eigenvalue weighted by molar-refractivity contribution is 0.656. The van der Waals surface area contributed by atoms with Crippen LogP contribution >= 0.6 is 0 Å². The van der Waals surface area contributed by atoms with Gasteiger partial charge in [0.25, 0.3) is 0 Å². The Balaban J connectivity index is 0.00000200. The zero-order valence-corrected chi connectivity index (χ0v) is 29.7. The molecule has 2 heterocycles. The fourth-order valence-electron chi connectivity index (χ4n) is 7.23. The first-order valence-corrected chi connectivity index (χ1v) is 18.1. The molecular weight excluding hydrogens is 619 g/mol. The molecule has 2 N–H and O–H groups in total. The molecule has 3 nitrogen and oxygen atoms in total. The van der Waals surface area contributed by atoms with Crippen LogP contribution in [0.1, 0.15) is 55.7 Å². The maximum atomic E-state index is 4.50. The molecule has 0 fully saturated rings. The summed E-state index contributed by atoms with van der Waals surface area (Å²) in [6.45, 7) is 10.6. The van der Waals surface area contributed by atoms with Crippen molar-refractivity contribution in [1.29, 1.82) is 0 Å². The molecule has 8 rings (SSSR count). The van der Waals surface area contributed by atoms with Gasteiger partial charge in [-0.15, -0.1) is 0 Å². The molecule has 3 heteroatoms. The average molecular weight is 664 g/mol. The predicted octanol–water partition coefficient (Wildman–Crippen LogP) is 13.3. The van der Waals surface area contributed by atoms with Gasteiger partial charge in [-0.05, 0) is 84.0 Å². The van der Waals surface area contributed by atoms with Crippen molar-refractivity contribution in [2.24, 2.45) is 0 Å². The molecule has 1 atom stereocenters. The Kier molecular flexibility index (Phi) is 9.98. The van der Waals surface area contributed by atoms with Gasteiger partial charge in [-0.25, -0.2) is 0 Å². The zero-order valence-electron chi connectivity index (χ0n) is 29.7. The topological polar surface area (TPSA) is 29.0 Å². The second kappa shape index (κ2) is 15.2. The molecule has 6 aromatic rings. The maximum absolute atomic E-state index is 4.50. The smallest absolute Gasteiger partial charge is 0.124 e. The van der Waals surface area contributed by atoms with Crippen LogP contribution in [0.3, 0.4) is 0 Å². The first-order chi connectivity index (χ1) is 25.2. The summed E-state index contributed by atoms with van der Waals surface area (Å²) in [5.74, 6) is 0. The van der Waals surface area contributed by atoms with Crippen LogP contribution in [-0.2, 0) is 6.42 Å². The summed E-state index contributed by atoms with van der Waals surface area (Å²) in [4.78, 5) is 0. The van der Waals surface area contributed by atoms with E-state index in [-0.39, 0.29) is 6.17 Å². The van der Waals surface area contributed by atoms with Crippen LogP contribution in [0.4, 0.5) is 17.1 Å². The van der Waals surface area contributed by atoms with Gasteiger partial charge in [-0.2, -0.15) is 0 Å². The summed E-state index contributed by atoms with van der Waals surface area (Å²) >= 11 is 0. The van der Waals surface area contributed by atoms with Crippen LogP contribution < -0.4 is 10.6 Å². The fraction of sp³-hybridized carbons (Fsp3) is 0.125. The predicted molar refractivity (Wildman–Crippen MR) is 221 cm³/mol. The van der Waals surface area contributed by atoms with E-state index in [0.717, 1.165) is 46.6 Å². The molecular formula is C48H45N3. The highest BCUT2D eigenvalue weighted by Crippen LogP contribution is 2.42. The van der Waals surface area contributed by atoms with Crippen molar-refractivity contribution in [3.63, 3.8) is 0 Å². The van der Waals surface area contributed by atoms with E-state index >= 15 is 0 Å². The molecule has 1 aliphatic heterocycles. The summed E-state index contributed by atoms with van der Waals surface area (Å²) in [7, 11) is 0. The minimum Gasteiger partial charge on any atom is -0.361 e. The number of hydrogen-bond donors (Lipinski definition) is 2. The third-order valence-corrected chi connectivity index (χ3v) is 9.62. The zero-order chi connectivity index (χ0) is 35.2. The number of hydrogen-bond acceptors (Lipinski definition) is 2. The summed E-state index contributed by atoms with van der Waals surface area (Å²) in [6, 6.07) is 44.9. The Morgan fingerprint density at radius 3 is 2.33 bits per heavy atom. The Labute approximate surface area is 302 Å². The average Bonchev–Trinajstić information content (AvgIpc) is 3.53. The fourth-order valence-corrected chi connectivity index (χ4v) is 7.23. The molecule has 1 aromatic heterocycles. The number of benzene rings is 5. The van der Waals surface area contributed by atoms with Crippen molar-refractivity contribution in [3.8, 4) is 11.1 Å². The molecule has 252 valence electrons. The van der Waals surface area contributed by atoms with E-state index < -0.39 is 0 Å².